The highest BCUT2D eigenvalue weighted by Crippen LogP contribution is 2.26. The van der Waals surface area contributed by atoms with E-state index in [1.807, 2.05) is 37.3 Å². The van der Waals surface area contributed by atoms with E-state index in [-0.39, 0.29) is 5.95 Å². The van der Waals surface area contributed by atoms with Crippen molar-refractivity contribution in [2.45, 2.75) is 20.3 Å². The van der Waals surface area contributed by atoms with Crippen LogP contribution in [-0.4, -0.2) is 21.5 Å². The minimum absolute atomic E-state index is 0.285. The van der Waals surface area contributed by atoms with Gasteiger partial charge in [0.25, 0.3) is 0 Å². The minimum atomic E-state index is 0.285. The summed E-state index contributed by atoms with van der Waals surface area (Å²) in [6.45, 7) is 4.97. The van der Waals surface area contributed by atoms with Crippen LogP contribution in [0.5, 0.6) is 0 Å². The van der Waals surface area contributed by atoms with Crippen molar-refractivity contribution in [3.63, 3.8) is 0 Å². The molecule has 2 aromatic heterocycles. The molecule has 2 N–H and O–H groups in total. The van der Waals surface area contributed by atoms with Gasteiger partial charge in [0, 0.05) is 12.2 Å². The molecule has 5 heteroatoms. The van der Waals surface area contributed by atoms with Crippen LogP contribution in [0.3, 0.4) is 0 Å². The first-order valence-corrected chi connectivity index (χ1v) is 7.42. The predicted molar refractivity (Wildman–Crippen MR) is 90.2 cm³/mol. The molecule has 0 saturated carbocycles. The molecule has 0 unspecified atom stereocenters. The first-order chi connectivity index (χ1) is 10.7. The fraction of sp³-hybridized carbons (Fsp3) is 0.235. The van der Waals surface area contributed by atoms with Crippen molar-refractivity contribution >= 4 is 28.5 Å². The summed E-state index contributed by atoms with van der Waals surface area (Å²) >= 11 is 0. The monoisotopic (exact) mass is 293 g/mol. The lowest BCUT2D eigenvalue weighted by Gasteiger charge is -2.23. The van der Waals surface area contributed by atoms with E-state index < -0.39 is 0 Å². The lowest BCUT2D eigenvalue weighted by atomic mass is 10.2. The summed E-state index contributed by atoms with van der Waals surface area (Å²) in [5, 5.41) is 0. The molecule has 0 aliphatic rings. The van der Waals surface area contributed by atoms with Gasteiger partial charge >= 0.3 is 0 Å². The number of aryl methyl sites for hydroxylation is 1. The van der Waals surface area contributed by atoms with Crippen LogP contribution < -0.4 is 10.6 Å². The molecule has 0 atom stereocenters. The lowest BCUT2D eigenvalue weighted by molar-refractivity contribution is 0.873. The summed E-state index contributed by atoms with van der Waals surface area (Å²) in [5.41, 5.74) is 9.20. The number of para-hydroxylation sites is 1. The molecule has 0 spiro atoms. The third-order valence-electron chi connectivity index (χ3n) is 3.51. The molecule has 2 heterocycles. The Bertz CT molecular complexity index is 786. The van der Waals surface area contributed by atoms with Crippen molar-refractivity contribution in [2.24, 2.45) is 0 Å². The summed E-state index contributed by atoms with van der Waals surface area (Å²) in [4.78, 5) is 15.4. The molecule has 5 nitrogen and oxygen atoms in total. The van der Waals surface area contributed by atoms with Gasteiger partial charge < -0.3 is 10.6 Å². The van der Waals surface area contributed by atoms with Crippen LogP contribution in [-0.2, 0) is 0 Å². The van der Waals surface area contributed by atoms with Gasteiger partial charge in [-0.3, -0.25) is 0 Å². The van der Waals surface area contributed by atoms with Crippen molar-refractivity contribution in [1.29, 1.82) is 0 Å². The topological polar surface area (TPSA) is 67.9 Å². The zero-order chi connectivity index (χ0) is 15.5. The van der Waals surface area contributed by atoms with Crippen LogP contribution in [0, 0.1) is 6.92 Å². The quantitative estimate of drug-likeness (QED) is 0.797. The highest BCUT2D eigenvalue weighted by Gasteiger charge is 2.12. The van der Waals surface area contributed by atoms with Gasteiger partial charge in [-0.15, -0.1) is 0 Å². The summed E-state index contributed by atoms with van der Waals surface area (Å²) in [7, 11) is 0. The maximum Gasteiger partial charge on any atom is 0.220 e. The molecular formula is C17H19N5. The highest BCUT2D eigenvalue weighted by atomic mass is 15.2. The average molecular weight is 293 g/mol. The molecule has 1 aromatic carbocycles. The van der Waals surface area contributed by atoms with Crippen LogP contribution in [0.4, 0.5) is 17.5 Å². The fourth-order valence-corrected chi connectivity index (χ4v) is 2.53. The van der Waals surface area contributed by atoms with Crippen LogP contribution in [0.25, 0.3) is 11.0 Å². The standard InChI is InChI=1S/C17H19N5/c1-3-11-22(13-7-5-4-6-8-13)15-10-9-14-16(21-15)12(2)19-17(18)20-14/h4-10H,3,11H2,1-2H3,(H2,18,19,20). The Balaban J connectivity index is 2.10. The zero-order valence-electron chi connectivity index (χ0n) is 12.8. The molecule has 0 radical (unpaired) electrons. The molecule has 22 heavy (non-hydrogen) atoms. The Kier molecular flexibility index (Phi) is 3.87. The van der Waals surface area contributed by atoms with Gasteiger partial charge in [0.2, 0.25) is 5.95 Å². The van der Waals surface area contributed by atoms with Gasteiger partial charge in [-0.05, 0) is 37.6 Å². The molecule has 112 valence electrons. The van der Waals surface area contributed by atoms with E-state index in [1.54, 1.807) is 0 Å². The Labute approximate surface area is 129 Å². The number of nitrogen functional groups attached to an aromatic ring is 1. The largest absolute Gasteiger partial charge is 0.368 e. The Morgan fingerprint density at radius 3 is 2.50 bits per heavy atom. The van der Waals surface area contributed by atoms with Gasteiger partial charge in [-0.1, -0.05) is 25.1 Å². The van der Waals surface area contributed by atoms with Crippen LogP contribution >= 0.6 is 0 Å². The van der Waals surface area contributed by atoms with E-state index in [1.165, 1.54) is 0 Å². The Morgan fingerprint density at radius 1 is 1.00 bits per heavy atom. The second kappa shape index (κ2) is 5.97. The number of nitrogens with two attached hydrogens (primary N) is 1. The van der Waals surface area contributed by atoms with Gasteiger partial charge in [0.1, 0.15) is 11.3 Å². The maximum absolute atomic E-state index is 5.70. The summed E-state index contributed by atoms with van der Waals surface area (Å²) in [6, 6.07) is 14.2. The Hall–Kier alpha value is -2.69. The third-order valence-corrected chi connectivity index (χ3v) is 3.51. The molecule has 0 aliphatic carbocycles. The van der Waals surface area contributed by atoms with Crippen molar-refractivity contribution in [2.75, 3.05) is 17.2 Å². The molecule has 0 amide bonds. The van der Waals surface area contributed by atoms with E-state index >= 15 is 0 Å². The number of rotatable bonds is 4. The SMILES string of the molecule is CCCN(c1ccccc1)c1ccc2nc(N)nc(C)c2n1. The highest BCUT2D eigenvalue weighted by molar-refractivity contribution is 5.80. The molecule has 0 fully saturated rings. The number of anilines is 3. The number of hydrogen-bond donors (Lipinski definition) is 1. The van der Waals surface area contributed by atoms with E-state index in [4.69, 9.17) is 10.7 Å². The van der Waals surface area contributed by atoms with Crippen molar-refractivity contribution < 1.29 is 0 Å². The number of aromatic nitrogens is 3. The van der Waals surface area contributed by atoms with Gasteiger partial charge in [-0.2, -0.15) is 0 Å². The summed E-state index contributed by atoms with van der Waals surface area (Å²) in [5.74, 6) is 1.19. The fourth-order valence-electron chi connectivity index (χ4n) is 2.53. The first kappa shape index (κ1) is 14.3. The molecule has 0 saturated heterocycles. The maximum atomic E-state index is 5.70. The van der Waals surface area contributed by atoms with Crippen LogP contribution in [0.15, 0.2) is 42.5 Å². The zero-order valence-corrected chi connectivity index (χ0v) is 12.8. The van der Waals surface area contributed by atoms with Crippen LogP contribution in [0.1, 0.15) is 19.0 Å². The number of benzene rings is 1. The average Bonchev–Trinajstić information content (AvgIpc) is 2.53. The molecule has 3 rings (SSSR count). The molecule has 0 aliphatic heterocycles. The van der Waals surface area contributed by atoms with Gasteiger partial charge in [0.15, 0.2) is 0 Å². The van der Waals surface area contributed by atoms with Crippen molar-refractivity contribution in [1.82, 2.24) is 15.0 Å². The summed E-state index contributed by atoms with van der Waals surface area (Å²) in [6.07, 6.45) is 1.03. The van der Waals surface area contributed by atoms with E-state index in [0.29, 0.717) is 0 Å². The van der Waals surface area contributed by atoms with Gasteiger partial charge in [-0.25, -0.2) is 15.0 Å². The first-order valence-electron chi connectivity index (χ1n) is 7.42. The lowest BCUT2D eigenvalue weighted by Crippen LogP contribution is -2.19. The van der Waals surface area contributed by atoms with E-state index in [9.17, 15) is 0 Å². The van der Waals surface area contributed by atoms with E-state index in [0.717, 1.165) is 41.2 Å². The number of fused-ring (bicyclic) bond motifs is 1. The number of pyridine rings is 1. The number of nitrogens with zero attached hydrogens (tertiary/aromatic N) is 4. The Morgan fingerprint density at radius 2 is 1.77 bits per heavy atom. The predicted octanol–water partition coefficient (Wildman–Crippen LogP) is 3.46. The normalized spacial score (nSPS) is 10.8. The second-order valence-electron chi connectivity index (χ2n) is 5.19. The van der Waals surface area contributed by atoms with Crippen LogP contribution in [0.2, 0.25) is 0 Å². The number of hydrogen-bond acceptors (Lipinski definition) is 5. The minimum Gasteiger partial charge on any atom is -0.368 e. The summed E-state index contributed by atoms with van der Waals surface area (Å²) < 4.78 is 0. The third kappa shape index (κ3) is 2.70. The smallest absolute Gasteiger partial charge is 0.220 e. The molecule has 3 aromatic rings. The van der Waals surface area contributed by atoms with Gasteiger partial charge in [0.05, 0.1) is 11.2 Å². The molecular weight excluding hydrogens is 274 g/mol. The van der Waals surface area contributed by atoms with E-state index in [2.05, 4.69) is 33.9 Å². The second-order valence-corrected chi connectivity index (χ2v) is 5.19. The van der Waals surface area contributed by atoms with Crippen molar-refractivity contribution in [3.8, 4) is 0 Å². The van der Waals surface area contributed by atoms with Crippen molar-refractivity contribution in [3.05, 3.63) is 48.2 Å². The molecule has 0 bridgehead atoms.